The monoisotopic (exact) mass is 1320 g/mol. The maximum absolute atomic E-state index is 16.0. The molecule has 0 aliphatic heterocycles. The topological polar surface area (TPSA) is 202 Å². The molecule has 0 fully saturated rings. The molecule has 4 N–H and O–H groups in total. The molecule has 0 radical (unpaired) electrons. The number of carbonyl (C=O) groups is 4. The predicted octanol–water partition coefficient (Wildman–Crippen LogP) is 20.9. The molecule has 0 saturated carbocycles. The average Bonchev–Trinajstić information content (AvgIpc) is 0.798. The van der Waals surface area contributed by atoms with Crippen molar-refractivity contribution in [3.63, 3.8) is 0 Å². The van der Waals surface area contributed by atoms with Gasteiger partial charge in [0, 0.05) is 51.6 Å². The van der Waals surface area contributed by atoms with E-state index >= 15 is 9.13 Å². The number of rotatable bonds is 72. The molecule has 0 spiro atoms. The quantitative estimate of drug-likeness (QED) is 0.0255. The van der Waals surface area contributed by atoms with Crippen LogP contribution in [0.3, 0.4) is 0 Å². The summed E-state index contributed by atoms with van der Waals surface area (Å²) >= 11 is 0. The van der Waals surface area contributed by atoms with Gasteiger partial charge >= 0.3 is 73.9 Å². The summed E-state index contributed by atoms with van der Waals surface area (Å²) in [4.78, 5) is 56.9. The Kier molecular flexibility index (Phi) is 71.3. The summed E-state index contributed by atoms with van der Waals surface area (Å²) in [5.74, 6) is -0.614. The molecule has 0 bridgehead atoms. The molecule has 520 valence electrons. The molecule has 0 aliphatic carbocycles. The zero-order valence-electron chi connectivity index (χ0n) is 57.4. The van der Waals surface area contributed by atoms with Gasteiger partial charge < -0.3 is 29.5 Å². The second-order valence-corrected chi connectivity index (χ2v) is 31.9. The van der Waals surface area contributed by atoms with E-state index in [0.29, 0.717) is 25.7 Å². The Balaban J connectivity index is -0.0000370. The van der Waals surface area contributed by atoms with Crippen LogP contribution in [0, 0.1) is 0 Å². The van der Waals surface area contributed by atoms with Crippen molar-refractivity contribution in [2.24, 2.45) is 0 Å². The number of unbranched alkanes of at least 4 members (excludes halogenated alkanes) is 48. The van der Waals surface area contributed by atoms with Crippen molar-refractivity contribution in [2.75, 3.05) is 19.8 Å². The molecule has 12 nitrogen and oxygen atoms in total. The number of ketones is 2. The van der Waals surface area contributed by atoms with Gasteiger partial charge in [0.15, 0.2) is 0 Å². The molecule has 0 aromatic carbocycles. The van der Waals surface area contributed by atoms with Gasteiger partial charge in [-0.1, -0.05) is 336 Å². The summed E-state index contributed by atoms with van der Waals surface area (Å²) in [6.45, 7) is 6.17. The van der Waals surface area contributed by atoms with Crippen LogP contribution in [-0.4, -0.2) is 139 Å². The van der Waals surface area contributed by atoms with Crippen molar-refractivity contribution in [1.82, 2.24) is 0 Å². The fraction of sp³-hybridized carbons (Fsp3) is 0.945. The molecule has 4 atom stereocenters. The van der Waals surface area contributed by atoms with Crippen LogP contribution < -0.4 is 0 Å². The summed E-state index contributed by atoms with van der Waals surface area (Å²) in [5, 5.41) is 42.0. The Labute approximate surface area is 593 Å². The Morgan fingerprint density at radius 2 is 0.494 bits per heavy atom. The van der Waals surface area contributed by atoms with E-state index in [1.807, 2.05) is 0 Å². The van der Waals surface area contributed by atoms with E-state index in [1.54, 1.807) is 0 Å². The number of carbonyl (C=O) groups excluding carboxylic acids is 4. The van der Waals surface area contributed by atoms with Crippen molar-refractivity contribution in [3.05, 3.63) is 0 Å². The molecule has 4 unspecified atom stereocenters. The first-order valence-corrected chi connectivity index (χ1v) is 40.8. The fourth-order valence-electron chi connectivity index (χ4n) is 12.3. The summed E-state index contributed by atoms with van der Waals surface area (Å²) < 4.78 is 44.2. The zero-order chi connectivity index (χ0) is 64.2. The van der Waals surface area contributed by atoms with Crippen LogP contribution in [0.15, 0.2) is 0 Å². The van der Waals surface area contributed by atoms with Gasteiger partial charge in [-0.2, -0.15) is 0 Å². The summed E-state index contributed by atoms with van der Waals surface area (Å²) in [6.07, 6.45) is 50.9. The van der Waals surface area contributed by atoms with Gasteiger partial charge in [0.05, 0.1) is 25.4 Å². The minimum atomic E-state index is -5.55. The number of hydrogen-bond acceptors (Lipinski definition) is 12. The Morgan fingerprint density at radius 1 is 0.315 bits per heavy atom. The fourth-order valence-corrected chi connectivity index (χ4v) is 18.8. The molecular formula is C73H144Na2O12P2. The van der Waals surface area contributed by atoms with E-state index in [0.717, 1.165) is 103 Å². The Morgan fingerprint density at radius 3 is 0.674 bits per heavy atom. The van der Waals surface area contributed by atoms with E-state index < -0.39 is 82.2 Å². The third kappa shape index (κ3) is 49.1. The number of hydrogen-bond donors (Lipinski definition) is 4. The summed E-state index contributed by atoms with van der Waals surface area (Å²) in [5.41, 5.74) is -2.25. The Bertz CT molecular complexity index is 1590. The summed E-state index contributed by atoms with van der Waals surface area (Å²) in [6, 6.07) is 0. The normalized spacial score (nSPS) is 14.3. The number of aliphatic hydroxyl groups is 4. The van der Waals surface area contributed by atoms with Crippen molar-refractivity contribution in [3.8, 4) is 0 Å². The van der Waals surface area contributed by atoms with Crippen LogP contribution in [0.25, 0.3) is 0 Å². The first-order chi connectivity index (χ1) is 42.3. The first-order valence-electron chi connectivity index (χ1n) is 37.5. The second kappa shape index (κ2) is 67.5. The van der Waals surface area contributed by atoms with Gasteiger partial charge in [-0.25, -0.2) is 0 Å². The van der Waals surface area contributed by atoms with Gasteiger partial charge in [0.1, 0.15) is 11.6 Å². The maximum atomic E-state index is 16.0. The van der Waals surface area contributed by atoms with Crippen LogP contribution in [0.5, 0.6) is 0 Å². The van der Waals surface area contributed by atoms with Gasteiger partial charge in [-0.3, -0.25) is 28.3 Å². The molecule has 0 aromatic heterocycles. The van der Waals surface area contributed by atoms with Crippen molar-refractivity contribution < 1.29 is 57.8 Å². The van der Waals surface area contributed by atoms with E-state index in [9.17, 15) is 39.6 Å². The third-order valence-electron chi connectivity index (χ3n) is 18.1. The molecule has 0 amide bonds. The van der Waals surface area contributed by atoms with Gasteiger partial charge in [0.2, 0.25) is 16.1 Å². The van der Waals surface area contributed by atoms with Crippen molar-refractivity contribution in [2.45, 2.75) is 424 Å². The Hall–Kier alpha value is 0.900. The van der Waals surface area contributed by atoms with Gasteiger partial charge in [-0.05, 0) is 25.7 Å². The van der Waals surface area contributed by atoms with E-state index in [4.69, 9.17) is 9.05 Å². The predicted molar refractivity (Wildman–Crippen MR) is 381 cm³/mol. The van der Waals surface area contributed by atoms with Crippen LogP contribution >= 0.6 is 14.7 Å². The minimum absolute atomic E-state index is 0. The van der Waals surface area contributed by atoms with Crippen molar-refractivity contribution >= 4 is 96.5 Å². The molecule has 0 heterocycles. The van der Waals surface area contributed by atoms with Crippen LogP contribution in [-0.2, 0) is 37.4 Å². The molecule has 89 heavy (non-hydrogen) atoms. The molecule has 0 rings (SSSR count). The first kappa shape index (κ1) is 94.1. The SMILES string of the molecule is CCCCCCCCCCCCCCCC(=O)CC(CO)OP(=O)(C(=O)CCCCCCCCCCCCCCC)C(O)(CCO)P(=O)(OC(CO)CC(=O)CCCCCCCCCCCCCCC)C(=O)CCCCCCCCCCCCCCC.[NaH].[NaH]. The summed E-state index contributed by atoms with van der Waals surface area (Å²) in [7, 11) is -11.1. The zero-order valence-corrected chi connectivity index (χ0v) is 59.2. The van der Waals surface area contributed by atoms with Gasteiger partial charge in [-0.15, -0.1) is 0 Å². The second-order valence-electron chi connectivity index (χ2n) is 26.4. The van der Waals surface area contributed by atoms with E-state index in [1.165, 1.54) is 193 Å². The van der Waals surface area contributed by atoms with E-state index in [-0.39, 0.29) is 109 Å². The number of Topliss-reactive ketones (excluding diaryl/α,β-unsaturated/α-hetero) is 2. The molecular weight excluding hydrogens is 1180 g/mol. The van der Waals surface area contributed by atoms with Crippen LogP contribution in [0.1, 0.15) is 407 Å². The molecule has 0 saturated heterocycles. The van der Waals surface area contributed by atoms with E-state index in [2.05, 4.69) is 27.7 Å². The molecule has 0 aliphatic rings. The third-order valence-corrected chi connectivity index (χ3v) is 24.9. The number of aliphatic hydroxyl groups excluding tert-OH is 3. The standard InChI is InChI=1S/C73H142O12P2.2Na.2H/c1-5-9-13-17-21-25-29-33-37-41-45-49-53-57-67(77)63-69(65-75)84-86(82,71(79)59-55-51-47-43-39-35-31-27-23-19-15-11-7-3)73(81,61-62-74)87(83,72(80)60-56-52-48-44-40-36-32-28-24-20-16-12-8-4)85-70(66-76)64-68(78)58-54-50-46-42-38-34-30-26-22-18-14-10-6-2;;;;/h69-70,74-76,81H,5-66H2,1-4H3;;;;. The van der Waals surface area contributed by atoms with Gasteiger partial charge in [0.25, 0.3) is 0 Å². The molecule has 0 aromatic rings. The van der Waals surface area contributed by atoms with Crippen molar-refractivity contribution in [1.29, 1.82) is 0 Å². The van der Waals surface area contributed by atoms with Crippen LogP contribution in [0.4, 0.5) is 0 Å². The molecule has 16 heteroatoms. The van der Waals surface area contributed by atoms with Crippen LogP contribution in [0.2, 0.25) is 0 Å². The average molecular weight is 1320 g/mol.